The molecule has 0 aromatic heterocycles. The average Bonchev–Trinajstić information content (AvgIpc) is 2.59. The fourth-order valence-corrected chi connectivity index (χ4v) is 2.95. The number of nitrogens with one attached hydrogen (secondary N) is 1. The topological polar surface area (TPSA) is 32.3 Å². The van der Waals surface area contributed by atoms with E-state index in [1.54, 1.807) is 12.1 Å². The normalized spacial score (nSPS) is 12.2. The minimum Gasteiger partial charge on any atom is -0.350 e. The van der Waals surface area contributed by atoms with Crippen molar-refractivity contribution in [2.45, 2.75) is 19.9 Å². The van der Waals surface area contributed by atoms with E-state index >= 15 is 0 Å². The van der Waals surface area contributed by atoms with Gasteiger partial charge in [0.15, 0.2) is 0 Å². The summed E-state index contributed by atoms with van der Waals surface area (Å²) in [6.07, 6.45) is 0. The van der Waals surface area contributed by atoms with Crippen molar-refractivity contribution in [2.24, 2.45) is 0 Å². The number of nitrogens with zero attached hydrogens (tertiary/aromatic N) is 1. The first-order valence-electron chi connectivity index (χ1n) is 7.99. The highest BCUT2D eigenvalue weighted by atomic mass is 35.5. The lowest BCUT2D eigenvalue weighted by molar-refractivity contribution is 0.0935. The zero-order chi connectivity index (χ0) is 16.7. The van der Waals surface area contributed by atoms with Crippen molar-refractivity contribution in [3.8, 4) is 0 Å². The molecule has 0 aliphatic rings. The fraction of sp³-hybridized carbons (Fsp3) is 0.316. The number of carbonyl (C=O) groups is 1. The van der Waals surface area contributed by atoms with Crippen LogP contribution in [0.3, 0.4) is 0 Å². The second-order valence-electron chi connectivity index (χ2n) is 5.34. The highest BCUT2D eigenvalue weighted by molar-refractivity contribution is 6.33. The molecule has 23 heavy (non-hydrogen) atoms. The molecule has 1 unspecified atom stereocenters. The number of likely N-dealkylation sites (N-methyl/N-ethyl adjacent to an activating group) is 1. The molecule has 0 saturated carbocycles. The lowest BCUT2D eigenvalue weighted by Gasteiger charge is -2.30. The average molecular weight is 331 g/mol. The molecule has 0 spiro atoms. The smallest absolute Gasteiger partial charge is 0.252 e. The van der Waals surface area contributed by atoms with Crippen LogP contribution in [-0.2, 0) is 0 Å². The van der Waals surface area contributed by atoms with Gasteiger partial charge in [-0.25, -0.2) is 0 Å². The second kappa shape index (κ2) is 8.70. The first-order valence-corrected chi connectivity index (χ1v) is 8.36. The summed E-state index contributed by atoms with van der Waals surface area (Å²) in [5.41, 5.74) is 1.72. The van der Waals surface area contributed by atoms with Crippen LogP contribution in [0.2, 0.25) is 5.02 Å². The Bertz CT molecular complexity index is 626. The molecule has 1 atom stereocenters. The summed E-state index contributed by atoms with van der Waals surface area (Å²) in [7, 11) is 0. The van der Waals surface area contributed by atoms with Crippen LogP contribution >= 0.6 is 11.6 Å². The standard InChI is InChI=1S/C19H23ClN2O/c1-3-22(4-2)18(15-10-6-5-7-11-15)14-21-19(23)16-12-8-9-13-17(16)20/h5-13,18H,3-4,14H2,1-2H3,(H,21,23). The van der Waals surface area contributed by atoms with Crippen molar-refractivity contribution in [1.82, 2.24) is 10.2 Å². The lowest BCUT2D eigenvalue weighted by atomic mass is 10.0. The maximum absolute atomic E-state index is 12.4. The van der Waals surface area contributed by atoms with Gasteiger partial charge in [-0.15, -0.1) is 0 Å². The number of hydrogen-bond donors (Lipinski definition) is 1. The largest absolute Gasteiger partial charge is 0.350 e. The van der Waals surface area contributed by atoms with Crippen LogP contribution in [0.1, 0.15) is 35.8 Å². The van der Waals surface area contributed by atoms with Crippen molar-refractivity contribution in [3.05, 3.63) is 70.7 Å². The molecule has 0 fully saturated rings. The van der Waals surface area contributed by atoms with Crippen LogP contribution in [0.4, 0.5) is 0 Å². The summed E-state index contributed by atoms with van der Waals surface area (Å²) in [4.78, 5) is 14.7. The van der Waals surface area contributed by atoms with Gasteiger partial charge >= 0.3 is 0 Å². The molecule has 0 heterocycles. The van der Waals surface area contributed by atoms with Crippen LogP contribution < -0.4 is 5.32 Å². The summed E-state index contributed by atoms with van der Waals surface area (Å²) >= 11 is 6.10. The summed E-state index contributed by atoms with van der Waals surface area (Å²) in [5.74, 6) is -0.135. The molecular formula is C19H23ClN2O. The molecule has 122 valence electrons. The summed E-state index contributed by atoms with van der Waals surface area (Å²) in [6, 6.07) is 17.5. The Balaban J connectivity index is 2.12. The van der Waals surface area contributed by atoms with Gasteiger partial charge in [0, 0.05) is 6.54 Å². The lowest BCUT2D eigenvalue weighted by Crippen LogP contribution is -2.38. The number of amides is 1. The molecule has 0 aliphatic carbocycles. The Hall–Kier alpha value is -1.84. The Morgan fingerprint density at radius 1 is 1.04 bits per heavy atom. The zero-order valence-corrected chi connectivity index (χ0v) is 14.4. The number of rotatable bonds is 7. The SMILES string of the molecule is CCN(CC)C(CNC(=O)c1ccccc1Cl)c1ccccc1. The van der Waals surface area contributed by atoms with Gasteiger partial charge in [-0.2, -0.15) is 0 Å². The molecular weight excluding hydrogens is 308 g/mol. The number of halogens is 1. The van der Waals surface area contributed by atoms with Crippen molar-refractivity contribution in [3.63, 3.8) is 0 Å². The number of benzene rings is 2. The molecule has 4 heteroatoms. The van der Waals surface area contributed by atoms with Crippen LogP contribution in [0.15, 0.2) is 54.6 Å². The Morgan fingerprint density at radius 3 is 2.26 bits per heavy atom. The minimum absolute atomic E-state index is 0.135. The van der Waals surface area contributed by atoms with E-state index in [0.717, 1.165) is 13.1 Å². The Kier molecular flexibility index (Phi) is 6.63. The zero-order valence-electron chi connectivity index (χ0n) is 13.6. The first kappa shape index (κ1) is 17.5. The van der Waals surface area contributed by atoms with E-state index in [4.69, 9.17) is 11.6 Å². The summed E-state index contributed by atoms with van der Waals surface area (Å²) in [6.45, 7) is 6.68. The summed E-state index contributed by atoms with van der Waals surface area (Å²) in [5, 5.41) is 3.50. The van der Waals surface area contributed by atoms with E-state index in [1.165, 1.54) is 5.56 Å². The molecule has 2 rings (SSSR count). The van der Waals surface area contributed by atoms with Crippen molar-refractivity contribution >= 4 is 17.5 Å². The van der Waals surface area contributed by atoms with Crippen LogP contribution in [0.25, 0.3) is 0 Å². The van der Waals surface area contributed by atoms with E-state index in [9.17, 15) is 4.79 Å². The van der Waals surface area contributed by atoms with E-state index in [1.807, 2.05) is 30.3 Å². The molecule has 1 amide bonds. The molecule has 0 bridgehead atoms. The third-order valence-electron chi connectivity index (χ3n) is 4.01. The number of hydrogen-bond acceptors (Lipinski definition) is 2. The van der Waals surface area contributed by atoms with Crippen LogP contribution in [0, 0.1) is 0 Å². The fourth-order valence-electron chi connectivity index (χ4n) is 2.73. The van der Waals surface area contributed by atoms with Crippen molar-refractivity contribution < 1.29 is 4.79 Å². The van der Waals surface area contributed by atoms with Gasteiger partial charge in [-0.3, -0.25) is 9.69 Å². The third kappa shape index (κ3) is 4.57. The Morgan fingerprint density at radius 2 is 1.65 bits per heavy atom. The first-order chi connectivity index (χ1) is 11.2. The van der Waals surface area contributed by atoms with E-state index < -0.39 is 0 Å². The quantitative estimate of drug-likeness (QED) is 0.827. The van der Waals surface area contributed by atoms with Gasteiger partial charge in [0.25, 0.3) is 5.91 Å². The molecule has 0 aliphatic heterocycles. The predicted octanol–water partition coefficient (Wildman–Crippen LogP) is 4.15. The van der Waals surface area contributed by atoms with Crippen LogP contribution in [0.5, 0.6) is 0 Å². The van der Waals surface area contributed by atoms with E-state index in [2.05, 4.69) is 36.2 Å². The van der Waals surface area contributed by atoms with Gasteiger partial charge in [0.2, 0.25) is 0 Å². The van der Waals surface area contributed by atoms with Gasteiger partial charge < -0.3 is 5.32 Å². The van der Waals surface area contributed by atoms with Gasteiger partial charge in [0.1, 0.15) is 0 Å². The van der Waals surface area contributed by atoms with E-state index in [0.29, 0.717) is 17.1 Å². The highest BCUT2D eigenvalue weighted by Gasteiger charge is 2.19. The van der Waals surface area contributed by atoms with Crippen molar-refractivity contribution in [2.75, 3.05) is 19.6 Å². The number of carbonyl (C=O) groups excluding carboxylic acids is 1. The molecule has 1 N–H and O–H groups in total. The van der Waals surface area contributed by atoms with Gasteiger partial charge in [-0.1, -0.05) is 67.9 Å². The van der Waals surface area contributed by atoms with Crippen LogP contribution in [-0.4, -0.2) is 30.4 Å². The maximum Gasteiger partial charge on any atom is 0.252 e. The highest BCUT2D eigenvalue weighted by Crippen LogP contribution is 2.20. The molecule has 2 aromatic carbocycles. The van der Waals surface area contributed by atoms with E-state index in [-0.39, 0.29) is 11.9 Å². The molecule has 0 saturated heterocycles. The second-order valence-corrected chi connectivity index (χ2v) is 5.74. The molecule has 3 nitrogen and oxygen atoms in total. The van der Waals surface area contributed by atoms with Crippen molar-refractivity contribution in [1.29, 1.82) is 0 Å². The Labute approximate surface area is 143 Å². The third-order valence-corrected chi connectivity index (χ3v) is 4.34. The predicted molar refractivity (Wildman–Crippen MR) is 95.9 cm³/mol. The monoisotopic (exact) mass is 330 g/mol. The molecule has 0 radical (unpaired) electrons. The summed E-state index contributed by atoms with van der Waals surface area (Å²) < 4.78 is 0. The minimum atomic E-state index is -0.135. The van der Waals surface area contributed by atoms with Gasteiger partial charge in [0.05, 0.1) is 16.6 Å². The molecule has 2 aromatic rings. The van der Waals surface area contributed by atoms with Gasteiger partial charge in [-0.05, 0) is 30.8 Å². The maximum atomic E-state index is 12.4.